The van der Waals surface area contributed by atoms with E-state index in [0.717, 1.165) is 28.1 Å². The van der Waals surface area contributed by atoms with Crippen LogP contribution in [0.4, 0.5) is 0 Å². The lowest BCUT2D eigenvalue weighted by molar-refractivity contribution is 0.445. The third-order valence-electron chi connectivity index (χ3n) is 5.17. The van der Waals surface area contributed by atoms with Crippen LogP contribution in [0, 0.1) is 12.3 Å². The molecule has 2 aromatic carbocycles. The second kappa shape index (κ2) is 6.27. The molecular weight excluding hydrogens is 334 g/mol. The number of hydrogen-bond donors (Lipinski definition) is 1. The third-order valence-corrected chi connectivity index (χ3v) is 5.17. The van der Waals surface area contributed by atoms with Gasteiger partial charge in [-0.3, -0.25) is 9.36 Å². The SMILES string of the molecule is Cc1ccc(-n2c3c(c(O)c(-c4ccccc4)c2=O)C=CC(C)(C)C3)cc1. The summed E-state index contributed by atoms with van der Waals surface area (Å²) in [4.78, 5) is 13.5. The van der Waals surface area contributed by atoms with E-state index in [2.05, 4.69) is 19.9 Å². The molecule has 136 valence electrons. The highest BCUT2D eigenvalue weighted by molar-refractivity contribution is 5.78. The van der Waals surface area contributed by atoms with Gasteiger partial charge in [0.15, 0.2) is 0 Å². The Morgan fingerprint density at radius 3 is 2.33 bits per heavy atom. The van der Waals surface area contributed by atoms with Crippen LogP contribution in [0.5, 0.6) is 5.75 Å². The van der Waals surface area contributed by atoms with Crippen molar-refractivity contribution in [3.8, 4) is 22.6 Å². The van der Waals surface area contributed by atoms with Crippen molar-refractivity contribution in [3.05, 3.63) is 87.8 Å². The summed E-state index contributed by atoms with van der Waals surface area (Å²) in [5.74, 6) is 0.0660. The Kier molecular flexibility index (Phi) is 4.03. The van der Waals surface area contributed by atoms with Gasteiger partial charge < -0.3 is 5.11 Å². The summed E-state index contributed by atoms with van der Waals surface area (Å²) in [6.07, 6.45) is 4.74. The van der Waals surface area contributed by atoms with Crippen molar-refractivity contribution in [3.63, 3.8) is 0 Å². The predicted molar refractivity (Wildman–Crippen MR) is 110 cm³/mol. The van der Waals surface area contributed by atoms with Crippen molar-refractivity contribution < 1.29 is 5.11 Å². The fourth-order valence-electron chi connectivity index (χ4n) is 3.71. The number of aromatic nitrogens is 1. The van der Waals surface area contributed by atoms with Gasteiger partial charge in [0, 0.05) is 16.9 Å². The summed E-state index contributed by atoms with van der Waals surface area (Å²) < 4.78 is 1.77. The minimum absolute atomic E-state index is 0.0660. The largest absolute Gasteiger partial charge is 0.506 e. The van der Waals surface area contributed by atoms with Gasteiger partial charge in [0.2, 0.25) is 0 Å². The number of pyridine rings is 1. The molecule has 0 fully saturated rings. The molecule has 3 aromatic rings. The van der Waals surface area contributed by atoms with Gasteiger partial charge in [-0.15, -0.1) is 0 Å². The maximum absolute atomic E-state index is 13.5. The number of nitrogens with zero attached hydrogens (tertiary/aromatic N) is 1. The Balaban J connectivity index is 2.09. The maximum Gasteiger partial charge on any atom is 0.266 e. The molecule has 0 atom stereocenters. The molecule has 1 aliphatic rings. The summed E-state index contributed by atoms with van der Waals surface area (Å²) in [6.45, 7) is 6.30. The van der Waals surface area contributed by atoms with E-state index in [4.69, 9.17) is 0 Å². The number of hydrogen-bond acceptors (Lipinski definition) is 2. The number of allylic oxidation sites excluding steroid dienone is 1. The molecule has 1 heterocycles. The van der Waals surface area contributed by atoms with Crippen LogP contribution in [0.1, 0.15) is 30.7 Å². The van der Waals surface area contributed by atoms with Crippen molar-refractivity contribution in [2.45, 2.75) is 27.2 Å². The fourth-order valence-corrected chi connectivity index (χ4v) is 3.71. The molecule has 3 nitrogen and oxygen atoms in total. The van der Waals surface area contributed by atoms with Gasteiger partial charge in [0.1, 0.15) is 5.75 Å². The van der Waals surface area contributed by atoms with Gasteiger partial charge in [0.05, 0.1) is 5.56 Å². The van der Waals surface area contributed by atoms with Gasteiger partial charge >= 0.3 is 0 Å². The Hall–Kier alpha value is -3.07. The molecule has 3 heteroatoms. The second-order valence-corrected chi connectivity index (χ2v) is 7.92. The van der Waals surface area contributed by atoms with Crippen LogP contribution in [0.15, 0.2) is 65.5 Å². The smallest absolute Gasteiger partial charge is 0.266 e. The summed E-state index contributed by atoms with van der Waals surface area (Å²) >= 11 is 0. The summed E-state index contributed by atoms with van der Waals surface area (Å²) in [7, 11) is 0. The lowest BCUT2D eigenvalue weighted by atomic mass is 9.80. The van der Waals surface area contributed by atoms with Gasteiger partial charge in [-0.1, -0.05) is 74.0 Å². The first-order valence-corrected chi connectivity index (χ1v) is 9.20. The Bertz CT molecular complexity index is 1090. The van der Waals surface area contributed by atoms with E-state index < -0.39 is 0 Å². The molecule has 0 saturated heterocycles. The van der Waals surface area contributed by atoms with E-state index in [-0.39, 0.29) is 16.7 Å². The number of fused-ring (bicyclic) bond motifs is 1. The summed E-state index contributed by atoms with van der Waals surface area (Å²) in [6, 6.07) is 17.3. The first-order valence-electron chi connectivity index (χ1n) is 9.20. The molecule has 0 radical (unpaired) electrons. The first-order chi connectivity index (χ1) is 12.9. The molecule has 4 rings (SSSR count). The van der Waals surface area contributed by atoms with E-state index in [1.807, 2.05) is 67.6 Å². The molecule has 27 heavy (non-hydrogen) atoms. The molecule has 0 aliphatic heterocycles. The molecule has 0 saturated carbocycles. The zero-order valence-electron chi connectivity index (χ0n) is 15.9. The van der Waals surface area contributed by atoms with Crippen LogP contribution in [0.25, 0.3) is 22.9 Å². The van der Waals surface area contributed by atoms with E-state index in [9.17, 15) is 9.90 Å². The van der Waals surface area contributed by atoms with Gasteiger partial charge in [-0.05, 0) is 36.5 Å². The minimum Gasteiger partial charge on any atom is -0.506 e. The Labute approximate surface area is 159 Å². The van der Waals surface area contributed by atoms with Crippen LogP contribution in [-0.4, -0.2) is 9.67 Å². The van der Waals surface area contributed by atoms with E-state index in [0.29, 0.717) is 12.0 Å². The highest BCUT2D eigenvalue weighted by atomic mass is 16.3. The van der Waals surface area contributed by atoms with Crippen molar-refractivity contribution in [2.75, 3.05) is 0 Å². The predicted octanol–water partition coefficient (Wildman–Crippen LogP) is 5.11. The Morgan fingerprint density at radius 1 is 1.00 bits per heavy atom. The van der Waals surface area contributed by atoms with Gasteiger partial charge in [-0.2, -0.15) is 0 Å². The summed E-state index contributed by atoms with van der Waals surface area (Å²) in [5, 5.41) is 11.0. The van der Waals surface area contributed by atoms with Crippen LogP contribution in [0.2, 0.25) is 0 Å². The lowest BCUT2D eigenvalue weighted by Crippen LogP contribution is -2.29. The minimum atomic E-state index is -0.188. The molecule has 1 aliphatic carbocycles. The zero-order chi connectivity index (χ0) is 19.2. The zero-order valence-corrected chi connectivity index (χ0v) is 15.9. The fraction of sp³-hybridized carbons (Fsp3) is 0.208. The molecule has 0 bridgehead atoms. The number of benzene rings is 2. The average molecular weight is 357 g/mol. The topological polar surface area (TPSA) is 42.2 Å². The number of aromatic hydroxyl groups is 1. The van der Waals surface area contributed by atoms with Crippen LogP contribution in [0.3, 0.4) is 0 Å². The summed E-state index contributed by atoms with van der Waals surface area (Å²) in [5.41, 5.74) is 4.36. The molecule has 0 amide bonds. The monoisotopic (exact) mass is 357 g/mol. The van der Waals surface area contributed by atoms with Gasteiger partial charge in [0.25, 0.3) is 5.56 Å². The normalized spacial score (nSPS) is 14.8. The average Bonchev–Trinajstić information content (AvgIpc) is 2.63. The number of aryl methyl sites for hydroxylation is 1. The Morgan fingerprint density at radius 2 is 1.67 bits per heavy atom. The molecule has 0 unspecified atom stereocenters. The van der Waals surface area contributed by atoms with Crippen molar-refractivity contribution in [1.82, 2.24) is 4.57 Å². The maximum atomic E-state index is 13.5. The number of rotatable bonds is 2. The second-order valence-electron chi connectivity index (χ2n) is 7.92. The van der Waals surface area contributed by atoms with Crippen molar-refractivity contribution >= 4 is 6.08 Å². The third kappa shape index (κ3) is 2.99. The molecular formula is C24H23NO2. The highest BCUT2D eigenvalue weighted by Crippen LogP contribution is 2.39. The van der Waals surface area contributed by atoms with Crippen LogP contribution in [-0.2, 0) is 6.42 Å². The van der Waals surface area contributed by atoms with Crippen LogP contribution >= 0.6 is 0 Å². The van der Waals surface area contributed by atoms with E-state index in [1.165, 1.54) is 0 Å². The molecule has 1 aromatic heterocycles. The van der Waals surface area contributed by atoms with Crippen LogP contribution < -0.4 is 5.56 Å². The van der Waals surface area contributed by atoms with E-state index in [1.54, 1.807) is 4.57 Å². The van der Waals surface area contributed by atoms with Crippen molar-refractivity contribution in [1.29, 1.82) is 0 Å². The van der Waals surface area contributed by atoms with E-state index >= 15 is 0 Å². The molecule has 0 spiro atoms. The standard InChI is InChI=1S/C24H23NO2/c1-16-9-11-18(12-10-16)25-20-15-24(2,3)14-13-19(20)22(26)21(23(25)27)17-7-5-4-6-8-17/h4-14,26H,15H2,1-3H3. The first kappa shape index (κ1) is 17.3. The highest BCUT2D eigenvalue weighted by Gasteiger charge is 2.29. The van der Waals surface area contributed by atoms with Crippen molar-refractivity contribution in [2.24, 2.45) is 5.41 Å². The lowest BCUT2D eigenvalue weighted by Gasteiger charge is -2.29. The quantitative estimate of drug-likeness (QED) is 0.692. The van der Waals surface area contributed by atoms with Gasteiger partial charge in [-0.25, -0.2) is 0 Å². The molecule has 1 N–H and O–H groups in total.